The van der Waals surface area contributed by atoms with Crippen molar-refractivity contribution in [2.24, 2.45) is 5.41 Å². The Balaban J connectivity index is 0.876. The highest BCUT2D eigenvalue weighted by Gasteiger charge is 2.47. The number of benzene rings is 2. The van der Waals surface area contributed by atoms with E-state index in [9.17, 15) is 14.4 Å². The van der Waals surface area contributed by atoms with E-state index in [4.69, 9.17) is 18.9 Å². The molecule has 0 bridgehead atoms. The summed E-state index contributed by atoms with van der Waals surface area (Å²) in [5.74, 6) is 0.640. The standard InChI is InChI=1S/C33H42N4O7/c38-30-23-43-29-10-14-37(20-27(29)35-30)32(40)36-15-11-33(12-16-36)18-26(19-33)42-22-25-8-4-5-9-28(25)41-17-13-34-31(39)44-21-24-6-2-1-3-7-24/h1-9,26-27,29H,10-23H2,(H,34,39)(H,35,38)/t27-,29+/m1/s1. The van der Waals surface area contributed by atoms with E-state index >= 15 is 0 Å². The summed E-state index contributed by atoms with van der Waals surface area (Å²) in [4.78, 5) is 40.8. The molecule has 2 aromatic rings. The molecule has 2 N–H and O–H groups in total. The van der Waals surface area contributed by atoms with E-state index in [1.54, 1.807) is 0 Å². The number of urea groups is 1. The quantitative estimate of drug-likeness (QED) is 0.420. The highest BCUT2D eigenvalue weighted by Crippen LogP contribution is 2.50. The van der Waals surface area contributed by atoms with E-state index in [-0.39, 0.29) is 48.8 Å². The summed E-state index contributed by atoms with van der Waals surface area (Å²) in [7, 11) is 0. The molecule has 236 valence electrons. The summed E-state index contributed by atoms with van der Waals surface area (Å²) >= 11 is 0. The van der Waals surface area contributed by atoms with Crippen LogP contribution in [-0.2, 0) is 32.2 Å². The number of carbonyl (C=O) groups is 3. The van der Waals surface area contributed by atoms with Crippen molar-refractivity contribution in [2.75, 3.05) is 45.9 Å². The van der Waals surface area contributed by atoms with Crippen LogP contribution in [0.25, 0.3) is 0 Å². The summed E-state index contributed by atoms with van der Waals surface area (Å²) < 4.78 is 23.1. The fraction of sp³-hybridized carbons (Fsp3) is 0.545. The lowest BCUT2D eigenvalue weighted by Crippen LogP contribution is -2.63. The third kappa shape index (κ3) is 7.44. The fourth-order valence-electron chi connectivity index (χ4n) is 6.74. The van der Waals surface area contributed by atoms with Gasteiger partial charge in [-0.1, -0.05) is 48.5 Å². The molecule has 0 radical (unpaired) electrons. The summed E-state index contributed by atoms with van der Waals surface area (Å²) in [6.07, 6.45) is 4.45. The predicted molar refractivity (Wildman–Crippen MR) is 161 cm³/mol. The molecule has 3 saturated heterocycles. The largest absolute Gasteiger partial charge is 0.491 e. The Morgan fingerprint density at radius 3 is 2.57 bits per heavy atom. The van der Waals surface area contributed by atoms with E-state index in [2.05, 4.69) is 10.6 Å². The van der Waals surface area contributed by atoms with Gasteiger partial charge in [-0.25, -0.2) is 9.59 Å². The number of nitrogens with zero attached hydrogens (tertiary/aromatic N) is 2. The highest BCUT2D eigenvalue weighted by molar-refractivity contribution is 5.79. The number of hydrogen-bond donors (Lipinski definition) is 2. The van der Waals surface area contributed by atoms with Crippen LogP contribution in [0.1, 0.15) is 43.2 Å². The third-order valence-corrected chi connectivity index (χ3v) is 9.30. The van der Waals surface area contributed by atoms with Crippen molar-refractivity contribution in [1.29, 1.82) is 0 Å². The smallest absolute Gasteiger partial charge is 0.407 e. The molecular weight excluding hydrogens is 564 g/mol. The highest BCUT2D eigenvalue weighted by atomic mass is 16.5. The number of hydrogen-bond acceptors (Lipinski definition) is 7. The van der Waals surface area contributed by atoms with Crippen molar-refractivity contribution in [2.45, 2.75) is 63.6 Å². The molecule has 0 unspecified atom stereocenters. The number of likely N-dealkylation sites (tertiary alicyclic amines) is 2. The Morgan fingerprint density at radius 1 is 0.977 bits per heavy atom. The maximum atomic E-state index is 13.2. The number of amides is 4. The van der Waals surface area contributed by atoms with Gasteiger partial charge < -0.3 is 39.4 Å². The second-order valence-electron chi connectivity index (χ2n) is 12.3. The van der Waals surface area contributed by atoms with Crippen LogP contribution in [0.2, 0.25) is 0 Å². The Kier molecular flexibility index (Phi) is 9.51. The molecular formula is C33H42N4O7. The molecule has 11 heteroatoms. The Bertz CT molecular complexity index is 1290. The fourth-order valence-corrected chi connectivity index (χ4v) is 6.74. The van der Waals surface area contributed by atoms with Crippen LogP contribution >= 0.6 is 0 Å². The molecule has 4 amide bonds. The first-order valence-corrected chi connectivity index (χ1v) is 15.7. The van der Waals surface area contributed by atoms with Gasteiger partial charge in [-0.15, -0.1) is 0 Å². The van der Waals surface area contributed by atoms with Crippen molar-refractivity contribution in [3.63, 3.8) is 0 Å². The molecule has 6 rings (SSSR count). The lowest BCUT2D eigenvalue weighted by Gasteiger charge is -2.52. The van der Waals surface area contributed by atoms with E-state index in [1.165, 1.54) is 0 Å². The lowest BCUT2D eigenvalue weighted by molar-refractivity contribution is -0.140. The summed E-state index contributed by atoms with van der Waals surface area (Å²) in [6.45, 7) is 4.13. The number of carbonyl (C=O) groups excluding carboxylic acids is 3. The molecule has 2 aromatic carbocycles. The first-order chi connectivity index (χ1) is 21.5. The molecule has 4 fully saturated rings. The van der Waals surface area contributed by atoms with E-state index < -0.39 is 6.09 Å². The van der Waals surface area contributed by atoms with Crippen molar-refractivity contribution in [1.82, 2.24) is 20.4 Å². The van der Waals surface area contributed by atoms with Gasteiger partial charge in [0.25, 0.3) is 0 Å². The minimum atomic E-state index is -0.475. The zero-order valence-electron chi connectivity index (χ0n) is 25.1. The second-order valence-corrected chi connectivity index (χ2v) is 12.3. The van der Waals surface area contributed by atoms with Gasteiger partial charge in [-0.05, 0) is 49.1 Å². The number of rotatable bonds is 9. The number of ether oxygens (including phenoxy) is 4. The maximum Gasteiger partial charge on any atom is 0.407 e. The second kappa shape index (κ2) is 13.9. The van der Waals surface area contributed by atoms with Crippen LogP contribution < -0.4 is 15.4 Å². The van der Waals surface area contributed by atoms with Crippen LogP contribution in [0.5, 0.6) is 5.75 Å². The summed E-state index contributed by atoms with van der Waals surface area (Å²) in [5.41, 5.74) is 2.16. The summed E-state index contributed by atoms with van der Waals surface area (Å²) in [6, 6.07) is 17.3. The van der Waals surface area contributed by atoms with Gasteiger partial charge in [-0.2, -0.15) is 0 Å². The Hall–Kier alpha value is -3.83. The maximum absolute atomic E-state index is 13.2. The molecule has 4 aliphatic rings. The molecule has 11 nitrogen and oxygen atoms in total. The zero-order valence-corrected chi connectivity index (χ0v) is 25.1. The van der Waals surface area contributed by atoms with Gasteiger partial charge >= 0.3 is 12.1 Å². The van der Waals surface area contributed by atoms with Crippen LogP contribution in [0.4, 0.5) is 9.59 Å². The lowest BCUT2D eigenvalue weighted by atomic mass is 9.61. The molecule has 44 heavy (non-hydrogen) atoms. The Morgan fingerprint density at radius 2 is 1.75 bits per heavy atom. The minimum absolute atomic E-state index is 0.00459. The molecule has 3 heterocycles. The SMILES string of the molecule is O=C1CO[C@H]2CCN(C(=O)N3CCC4(CC3)CC(OCc3ccccc3OCCNC(=O)OCc3ccccc3)C4)C[C@H]2N1. The van der Waals surface area contributed by atoms with Crippen molar-refractivity contribution in [3.8, 4) is 5.75 Å². The molecule has 1 aliphatic carbocycles. The number of fused-ring (bicyclic) bond motifs is 1. The third-order valence-electron chi connectivity index (χ3n) is 9.30. The van der Waals surface area contributed by atoms with Crippen molar-refractivity contribution in [3.05, 3.63) is 65.7 Å². The van der Waals surface area contributed by atoms with Gasteiger partial charge in [-0.3, -0.25) is 4.79 Å². The predicted octanol–water partition coefficient (Wildman–Crippen LogP) is 3.46. The van der Waals surface area contributed by atoms with Gasteiger partial charge in [0.1, 0.15) is 25.6 Å². The van der Waals surface area contributed by atoms with Crippen molar-refractivity contribution < 1.29 is 33.3 Å². The van der Waals surface area contributed by atoms with Crippen LogP contribution in [0.15, 0.2) is 54.6 Å². The van der Waals surface area contributed by atoms with Crippen LogP contribution in [0, 0.1) is 5.41 Å². The number of para-hydroxylation sites is 1. The topological polar surface area (TPSA) is 119 Å². The molecule has 1 spiro atoms. The molecule has 2 atom stereocenters. The van der Waals surface area contributed by atoms with Crippen LogP contribution in [0.3, 0.4) is 0 Å². The zero-order chi connectivity index (χ0) is 30.4. The monoisotopic (exact) mass is 606 g/mol. The van der Waals surface area contributed by atoms with E-state index in [1.807, 2.05) is 64.4 Å². The normalized spacial score (nSPS) is 22.9. The number of piperidine rings is 2. The van der Waals surface area contributed by atoms with Gasteiger partial charge in [0.2, 0.25) is 5.91 Å². The van der Waals surface area contributed by atoms with Crippen molar-refractivity contribution >= 4 is 18.0 Å². The molecule has 1 saturated carbocycles. The Labute approximate surface area is 258 Å². The minimum Gasteiger partial charge on any atom is -0.491 e. The number of nitrogens with one attached hydrogen (secondary N) is 2. The van der Waals surface area contributed by atoms with Gasteiger partial charge in [0, 0.05) is 31.7 Å². The van der Waals surface area contributed by atoms with Gasteiger partial charge in [0.15, 0.2) is 0 Å². The first-order valence-electron chi connectivity index (χ1n) is 15.7. The molecule has 3 aliphatic heterocycles. The first kappa shape index (κ1) is 30.2. The number of alkyl carbamates (subject to hydrolysis) is 1. The molecule has 0 aromatic heterocycles. The average Bonchev–Trinajstić information content (AvgIpc) is 3.04. The van der Waals surface area contributed by atoms with Crippen LogP contribution in [-0.4, -0.2) is 92.0 Å². The van der Waals surface area contributed by atoms with E-state index in [0.717, 1.165) is 62.1 Å². The van der Waals surface area contributed by atoms with Gasteiger partial charge in [0.05, 0.1) is 31.4 Å². The average molecular weight is 607 g/mol. The number of morpholine rings is 1. The van der Waals surface area contributed by atoms with E-state index in [0.29, 0.717) is 32.8 Å². The summed E-state index contributed by atoms with van der Waals surface area (Å²) in [5, 5.41) is 5.70.